The van der Waals surface area contributed by atoms with E-state index in [1.54, 1.807) is 0 Å². The quantitative estimate of drug-likeness (QED) is 0.367. The molecule has 3 nitrogen and oxygen atoms in total. The molecule has 1 heterocycles. The summed E-state index contributed by atoms with van der Waals surface area (Å²) >= 11 is 0. The van der Waals surface area contributed by atoms with Crippen molar-refractivity contribution in [2.45, 2.75) is 19.8 Å². The molecule has 0 atom stereocenters. The molecule has 0 spiro atoms. The maximum absolute atomic E-state index is 6.19. The van der Waals surface area contributed by atoms with Gasteiger partial charge in [0.15, 0.2) is 0 Å². The molecule has 3 heteroatoms. The Balaban J connectivity index is 1.47. The van der Waals surface area contributed by atoms with Gasteiger partial charge in [-0.25, -0.2) is 0 Å². The van der Waals surface area contributed by atoms with E-state index in [1.165, 1.54) is 51.3 Å². The third kappa shape index (κ3) is 6.53. The minimum absolute atomic E-state index is 0.766. The van der Waals surface area contributed by atoms with E-state index in [0.717, 1.165) is 24.4 Å². The zero-order valence-corrected chi connectivity index (χ0v) is 16.5. The molecule has 1 saturated heterocycles. The van der Waals surface area contributed by atoms with Gasteiger partial charge in [0.2, 0.25) is 0 Å². The van der Waals surface area contributed by atoms with Crippen LogP contribution in [0.15, 0.2) is 60.7 Å². The number of hydrogen-bond donors (Lipinski definition) is 0. The van der Waals surface area contributed by atoms with Gasteiger partial charge in [0, 0.05) is 31.7 Å². The highest BCUT2D eigenvalue weighted by Crippen LogP contribution is 2.20. The lowest BCUT2D eigenvalue weighted by Gasteiger charge is -2.33. The van der Waals surface area contributed by atoms with Gasteiger partial charge in [-0.3, -0.25) is 0 Å². The third-order valence-corrected chi connectivity index (χ3v) is 5.19. The van der Waals surface area contributed by atoms with E-state index in [9.17, 15) is 0 Å². The zero-order chi connectivity index (χ0) is 18.7. The van der Waals surface area contributed by atoms with E-state index in [0.29, 0.717) is 0 Å². The fourth-order valence-electron chi connectivity index (χ4n) is 3.46. The molecule has 2 aromatic carbocycles. The van der Waals surface area contributed by atoms with Crippen molar-refractivity contribution < 1.29 is 4.74 Å². The Morgan fingerprint density at radius 2 is 1.48 bits per heavy atom. The average Bonchev–Trinajstić information content (AvgIpc) is 2.74. The first-order valence-electron chi connectivity index (χ1n) is 10.2. The van der Waals surface area contributed by atoms with Gasteiger partial charge < -0.3 is 14.5 Å². The number of likely N-dealkylation sites (N-methyl/N-ethyl adjacent to an activating group) is 1. The molecule has 0 unspecified atom stereocenters. The predicted octanol–water partition coefficient (Wildman–Crippen LogP) is 4.62. The van der Waals surface area contributed by atoms with Crippen LogP contribution in [0.1, 0.15) is 30.9 Å². The molecule has 1 aliphatic heterocycles. The van der Waals surface area contributed by atoms with Crippen LogP contribution < -0.4 is 0 Å². The summed E-state index contributed by atoms with van der Waals surface area (Å²) in [6.45, 7) is 10.2. The summed E-state index contributed by atoms with van der Waals surface area (Å²) in [6, 6.07) is 20.8. The summed E-state index contributed by atoms with van der Waals surface area (Å²) in [7, 11) is 0. The fourth-order valence-corrected chi connectivity index (χ4v) is 3.46. The van der Waals surface area contributed by atoms with E-state index in [1.807, 2.05) is 12.1 Å². The molecule has 0 aromatic heterocycles. The Morgan fingerprint density at radius 1 is 0.852 bits per heavy atom. The molecule has 27 heavy (non-hydrogen) atoms. The maximum Gasteiger partial charge on any atom is 0.127 e. The van der Waals surface area contributed by atoms with Gasteiger partial charge in [-0.1, -0.05) is 67.6 Å². The smallest absolute Gasteiger partial charge is 0.127 e. The number of piperazine rings is 1. The van der Waals surface area contributed by atoms with Crippen molar-refractivity contribution in [3.8, 4) is 0 Å². The van der Waals surface area contributed by atoms with Crippen molar-refractivity contribution >= 4 is 11.8 Å². The zero-order valence-electron chi connectivity index (χ0n) is 16.5. The molecule has 0 saturated carbocycles. The Labute approximate surface area is 164 Å². The van der Waals surface area contributed by atoms with Crippen LogP contribution in [0.4, 0.5) is 0 Å². The van der Waals surface area contributed by atoms with Gasteiger partial charge in [-0.05, 0) is 37.6 Å². The van der Waals surface area contributed by atoms with E-state index in [2.05, 4.69) is 71.3 Å². The second-order valence-corrected chi connectivity index (χ2v) is 7.12. The number of nitrogens with zero attached hydrogens (tertiary/aromatic N) is 2. The number of benzene rings is 2. The van der Waals surface area contributed by atoms with Crippen molar-refractivity contribution in [1.29, 1.82) is 0 Å². The van der Waals surface area contributed by atoms with Crippen LogP contribution in [-0.2, 0) is 4.74 Å². The van der Waals surface area contributed by atoms with Crippen molar-refractivity contribution in [2.24, 2.45) is 0 Å². The number of unbranched alkanes of at least 4 members (excludes halogenated alkanes) is 1. The fraction of sp³-hybridized carbons (Fsp3) is 0.417. The monoisotopic (exact) mass is 364 g/mol. The lowest BCUT2D eigenvalue weighted by atomic mass is 10.1. The van der Waals surface area contributed by atoms with E-state index >= 15 is 0 Å². The van der Waals surface area contributed by atoms with Crippen LogP contribution in [0.5, 0.6) is 0 Å². The molecular weight excluding hydrogens is 332 g/mol. The minimum Gasteiger partial charge on any atom is -0.493 e. The number of ether oxygens (including phenoxy) is 1. The van der Waals surface area contributed by atoms with Gasteiger partial charge in [-0.2, -0.15) is 0 Å². The summed E-state index contributed by atoms with van der Waals surface area (Å²) in [6.07, 6.45) is 4.42. The molecule has 2 aromatic rings. The molecule has 0 N–H and O–H groups in total. The highest BCUT2D eigenvalue weighted by molar-refractivity contribution is 5.77. The molecule has 1 fully saturated rings. The van der Waals surface area contributed by atoms with Crippen LogP contribution in [0.2, 0.25) is 0 Å². The Kier molecular flexibility index (Phi) is 7.94. The Bertz CT molecular complexity index is 676. The molecule has 0 radical (unpaired) electrons. The predicted molar refractivity (Wildman–Crippen MR) is 114 cm³/mol. The summed E-state index contributed by atoms with van der Waals surface area (Å²) in [4.78, 5) is 5.12. The lowest BCUT2D eigenvalue weighted by molar-refractivity contribution is 0.133. The van der Waals surface area contributed by atoms with Gasteiger partial charge in [0.1, 0.15) is 5.76 Å². The maximum atomic E-state index is 6.19. The first kappa shape index (κ1) is 19.7. The Hall–Kier alpha value is -2.10. The van der Waals surface area contributed by atoms with E-state index in [-0.39, 0.29) is 0 Å². The summed E-state index contributed by atoms with van der Waals surface area (Å²) in [5.74, 6) is 0.957. The largest absolute Gasteiger partial charge is 0.493 e. The summed E-state index contributed by atoms with van der Waals surface area (Å²) in [5.41, 5.74) is 2.31. The Morgan fingerprint density at radius 3 is 2.15 bits per heavy atom. The summed E-state index contributed by atoms with van der Waals surface area (Å²) < 4.78 is 6.19. The average molecular weight is 365 g/mol. The normalized spacial score (nSPS) is 16.4. The van der Waals surface area contributed by atoms with Crippen molar-refractivity contribution in [1.82, 2.24) is 9.80 Å². The molecular formula is C24H32N2O. The molecule has 0 aliphatic carbocycles. The molecule has 3 rings (SSSR count). The third-order valence-electron chi connectivity index (χ3n) is 5.19. The van der Waals surface area contributed by atoms with Gasteiger partial charge in [-0.15, -0.1) is 0 Å². The first-order chi connectivity index (χ1) is 13.3. The molecule has 0 bridgehead atoms. The lowest BCUT2D eigenvalue weighted by Crippen LogP contribution is -2.46. The van der Waals surface area contributed by atoms with Gasteiger partial charge in [0.25, 0.3) is 0 Å². The van der Waals surface area contributed by atoms with Gasteiger partial charge in [0.05, 0.1) is 6.61 Å². The first-order valence-corrected chi connectivity index (χ1v) is 10.2. The van der Waals surface area contributed by atoms with E-state index in [4.69, 9.17) is 4.74 Å². The van der Waals surface area contributed by atoms with Crippen molar-refractivity contribution in [2.75, 3.05) is 45.9 Å². The van der Waals surface area contributed by atoms with E-state index < -0.39 is 0 Å². The van der Waals surface area contributed by atoms with Crippen LogP contribution in [0.25, 0.3) is 11.8 Å². The highest BCUT2D eigenvalue weighted by atomic mass is 16.5. The van der Waals surface area contributed by atoms with Crippen molar-refractivity contribution in [3.63, 3.8) is 0 Å². The number of hydrogen-bond acceptors (Lipinski definition) is 3. The van der Waals surface area contributed by atoms with Gasteiger partial charge >= 0.3 is 0 Å². The topological polar surface area (TPSA) is 15.7 Å². The van der Waals surface area contributed by atoms with Crippen molar-refractivity contribution in [3.05, 3.63) is 71.8 Å². The molecule has 144 valence electrons. The minimum atomic E-state index is 0.766. The van der Waals surface area contributed by atoms with Crippen LogP contribution in [-0.4, -0.2) is 55.7 Å². The second kappa shape index (κ2) is 10.9. The van der Waals surface area contributed by atoms with Crippen LogP contribution in [0, 0.1) is 0 Å². The van der Waals surface area contributed by atoms with Crippen LogP contribution >= 0.6 is 0 Å². The molecule has 0 amide bonds. The summed E-state index contributed by atoms with van der Waals surface area (Å²) in [5, 5.41) is 0. The highest BCUT2D eigenvalue weighted by Gasteiger charge is 2.14. The van der Waals surface area contributed by atoms with Crippen LogP contribution in [0.3, 0.4) is 0 Å². The number of rotatable bonds is 9. The second-order valence-electron chi connectivity index (χ2n) is 7.12. The molecule has 1 aliphatic rings. The standard InChI is InChI=1S/C24H32N2O/c1-2-25-16-18-26(19-17-25)15-9-10-20-27-24(23-13-7-4-8-14-23)21-22-11-5-3-6-12-22/h3-8,11-14,21H,2,9-10,15-20H2,1H3. The SMILES string of the molecule is CCN1CCN(CCCCOC(=Cc2ccccc2)c2ccccc2)CC1.